The van der Waals surface area contributed by atoms with Crippen LogP contribution in [0.1, 0.15) is 13.3 Å². The van der Waals surface area contributed by atoms with E-state index >= 15 is 0 Å². The van der Waals surface area contributed by atoms with Crippen molar-refractivity contribution in [3.63, 3.8) is 0 Å². The Labute approximate surface area is 115 Å². The molecule has 0 saturated heterocycles. The van der Waals surface area contributed by atoms with E-state index in [9.17, 15) is 4.79 Å². The number of halogens is 1. The molecule has 92 valence electrons. The summed E-state index contributed by atoms with van der Waals surface area (Å²) in [5.41, 5.74) is 2.94. The predicted molar refractivity (Wildman–Crippen MR) is 78.5 cm³/mol. The predicted octanol–water partition coefficient (Wildman–Crippen LogP) is 4.46. The number of carbonyl (C=O) groups excluding carboxylic acids is 1. The molecule has 0 fully saturated rings. The van der Waals surface area contributed by atoms with Gasteiger partial charge in [0, 0.05) is 22.1 Å². The second-order valence-electron chi connectivity index (χ2n) is 3.93. The van der Waals surface area contributed by atoms with Crippen LogP contribution in [0.2, 0.25) is 0 Å². The van der Waals surface area contributed by atoms with Gasteiger partial charge in [0.2, 0.25) is 5.91 Å². The van der Waals surface area contributed by atoms with Crippen LogP contribution in [0.3, 0.4) is 0 Å². The molecule has 0 heterocycles. The first kappa shape index (κ1) is 12.8. The van der Waals surface area contributed by atoms with Gasteiger partial charge in [-0.05, 0) is 17.7 Å². The molecule has 0 saturated carbocycles. The van der Waals surface area contributed by atoms with Crippen LogP contribution in [-0.4, -0.2) is 5.91 Å². The molecule has 2 aromatic carbocycles. The maximum Gasteiger partial charge on any atom is 0.224 e. The topological polar surface area (TPSA) is 29.1 Å². The molecule has 0 radical (unpaired) electrons. The Morgan fingerprint density at radius 1 is 1.06 bits per heavy atom. The third-order valence-corrected chi connectivity index (χ3v) is 3.38. The number of hydrogen-bond acceptors (Lipinski definition) is 1. The summed E-state index contributed by atoms with van der Waals surface area (Å²) >= 11 is 3.54. The van der Waals surface area contributed by atoms with Crippen molar-refractivity contribution in [1.29, 1.82) is 0 Å². The molecule has 1 amide bonds. The molecule has 2 nitrogen and oxygen atoms in total. The Bertz CT molecular complexity index is 566. The van der Waals surface area contributed by atoms with Crippen molar-refractivity contribution in [2.75, 3.05) is 5.32 Å². The normalized spacial score (nSPS) is 10.1. The van der Waals surface area contributed by atoms with Crippen LogP contribution in [0.25, 0.3) is 11.1 Å². The smallest absolute Gasteiger partial charge is 0.224 e. The first-order valence-corrected chi connectivity index (χ1v) is 6.65. The highest BCUT2D eigenvalue weighted by Crippen LogP contribution is 2.33. The van der Waals surface area contributed by atoms with E-state index in [-0.39, 0.29) is 5.91 Å². The molecule has 18 heavy (non-hydrogen) atoms. The zero-order valence-corrected chi connectivity index (χ0v) is 11.7. The number of anilines is 1. The second kappa shape index (κ2) is 5.83. The molecule has 0 spiro atoms. The fourth-order valence-electron chi connectivity index (χ4n) is 1.75. The van der Waals surface area contributed by atoms with Gasteiger partial charge < -0.3 is 5.32 Å². The Hall–Kier alpha value is -1.61. The molecule has 0 atom stereocenters. The molecule has 3 heteroatoms. The fraction of sp³-hybridized carbons (Fsp3) is 0.133. The molecule has 0 aliphatic rings. The van der Waals surface area contributed by atoms with Crippen LogP contribution in [-0.2, 0) is 4.79 Å². The van der Waals surface area contributed by atoms with Gasteiger partial charge >= 0.3 is 0 Å². The molecular weight excluding hydrogens is 290 g/mol. The highest BCUT2D eigenvalue weighted by Gasteiger charge is 2.08. The van der Waals surface area contributed by atoms with Crippen molar-refractivity contribution in [2.24, 2.45) is 0 Å². The lowest BCUT2D eigenvalue weighted by atomic mass is 10.0. The SMILES string of the molecule is CCC(=O)Nc1ccccc1-c1ccccc1Br. The third-order valence-electron chi connectivity index (χ3n) is 2.69. The first-order valence-electron chi connectivity index (χ1n) is 5.86. The van der Waals surface area contributed by atoms with Gasteiger partial charge in [-0.1, -0.05) is 59.3 Å². The highest BCUT2D eigenvalue weighted by molar-refractivity contribution is 9.10. The van der Waals surface area contributed by atoms with Crippen LogP contribution < -0.4 is 5.32 Å². The van der Waals surface area contributed by atoms with Crippen molar-refractivity contribution < 1.29 is 4.79 Å². The van der Waals surface area contributed by atoms with Gasteiger partial charge in [0.25, 0.3) is 0 Å². The molecule has 2 aromatic rings. The quantitative estimate of drug-likeness (QED) is 0.891. The van der Waals surface area contributed by atoms with Crippen LogP contribution in [0.5, 0.6) is 0 Å². The molecule has 0 aliphatic carbocycles. The van der Waals surface area contributed by atoms with Gasteiger partial charge in [-0.15, -0.1) is 0 Å². The van der Waals surface area contributed by atoms with E-state index in [0.29, 0.717) is 6.42 Å². The summed E-state index contributed by atoms with van der Waals surface area (Å²) in [4.78, 5) is 11.5. The number of benzene rings is 2. The number of amides is 1. The summed E-state index contributed by atoms with van der Waals surface area (Å²) in [6.45, 7) is 1.84. The summed E-state index contributed by atoms with van der Waals surface area (Å²) in [6.07, 6.45) is 0.476. The van der Waals surface area contributed by atoms with E-state index in [1.165, 1.54) is 0 Å². The third kappa shape index (κ3) is 2.79. The van der Waals surface area contributed by atoms with E-state index < -0.39 is 0 Å². The molecule has 0 aliphatic heterocycles. The largest absolute Gasteiger partial charge is 0.326 e. The minimum absolute atomic E-state index is 0.0227. The van der Waals surface area contributed by atoms with Crippen molar-refractivity contribution >= 4 is 27.5 Å². The maximum absolute atomic E-state index is 11.5. The van der Waals surface area contributed by atoms with Crippen molar-refractivity contribution in [1.82, 2.24) is 0 Å². The average Bonchev–Trinajstić information content (AvgIpc) is 2.40. The van der Waals surface area contributed by atoms with Crippen molar-refractivity contribution in [2.45, 2.75) is 13.3 Å². The van der Waals surface area contributed by atoms with Gasteiger partial charge in [-0.25, -0.2) is 0 Å². The minimum Gasteiger partial charge on any atom is -0.326 e. The molecular formula is C15H14BrNO. The lowest BCUT2D eigenvalue weighted by molar-refractivity contribution is -0.115. The van der Waals surface area contributed by atoms with E-state index in [1.807, 2.05) is 55.5 Å². The van der Waals surface area contributed by atoms with Gasteiger partial charge in [-0.3, -0.25) is 4.79 Å². The zero-order valence-electron chi connectivity index (χ0n) is 10.1. The summed E-state index contributed by atoms with van der Waals surface area (Å²) < 4.78 is 1.02. The summed E-state index contributed by atoms with van der Waals surface area (Å²) in [5, 5.41) is 2.93. The number of para-hydroxylation sites is 1. The minimum atomic E-state index is 0.0227. The maximum atomic E-state index is 11.5. The molecule has 2 rings (SSSR count). The van der Waals surface area contributed by atoms with Crippen LogP contribution in [0.4, 0.5) is 5.69 Å². The van der Waals surface area contributed by atoms with Gasteiger partial charge in [0.1, 0.15) is 0 Å². The van der Waals surface area contributed by atoms with Gasteiger partial charge in [0.15, 0.2) is 0 Å². The van der Waals surface area contributed by atoms with Crippen molar-refractivity contribution in [3.8, 4) is 11.1 Å². The lowest BCUT2D eigenvalue weighted by Crippen LogP contribution is -2.10. The van der Waals surface area contributed by atoms with E-state index in [4.69, 9.17) is 0 Å². The van der Waals surface area contributed by atoms with E-state index in [1.54, 1.807) is 0 Å². The fourth-order valence-corrected chi connectivity index (χ4v) is 2.24. The Morgan fingerprint density at radius 2 is 1.67 bits per heavy atom. The van der Waals surface area contributed by atoms with Gasteiger partial charge in [-0.2, -0.15) is 0 Å². The Kier molecular flexibility index (Phi) is 4.15. The number of rotatable bonds is 3. The highest BCUT2D eigenvalue weighted by atomic mass is 79.9. The molecule has 0 unspecified atom stereocenters. The zero-order chi connectivity index (χ0) is 13.0. The van der Waals surface area contributed by atoms with E-state index in [0.717, 1.165) is 21.3 Å². The standard InChI is InChI=1S/C15H14BrNO/c1-2-15(18)17-14-10-6-4-8-12(14)11-7-3-5-9-13(11)16/h3-10H,2H2,1H3,(H,17,18). The lowest BCUT2D eigenvalue weighted by Gasteiger charge is -2.11. The summed E-state index contributed by atoms with van der Waals surface area (Å²) in [5.74, 6) is 0.0227. The summed E-state index contributed by atoms with van der Waals surface area (Å²) in [6, 6.07) is 15.8. The number of carbonyl (C=O) groups is 1. The van der Waals surface area contributed by atoms with Crippen LogP contribution in [0, 0.1) is 0 Å². The second-order valence-corrected chi connectivity index (χ2v) is 4.78. The Morgan fingerprint density at radius 3 is 2.33 bits per heavy atom. The molecule has 0 bridgehead atoms. The van der Waals surface area contributed by atoms with Crippen LogP contribution in [0.15, 0.2) is 53.0 Å². The van der Waals surface area contributed by atoms with Crippen molar-refractivity contribution in [3.05, 3.63) is 53.0 Å². The first-order chi connectivity index (χ1) is 8.72. The summed E-state index contributed by atoms with van der Waals surface area (Å²) in [7, 11) is 0. The number of nitrogens with one attached hydrogen (secondary N) is 1. The number of hydrogen-bond donors (Lipinski definition) is 1. The van der Waals surface area contributed by atoms with Crippen LogP contribution >= 0.6 is 15.9 Å². The average molecular weight is 304 g/mol. The molecule has 0 aromatic heterocycles. The van der Waals surface area contributed by atoms with E-state index in [2.05, 4.69) is 21.2 Å². The monoisotopic (exact) mass is 303 g/mol. The molecule has 1 N–H and O–H groups in total. The van der Waals surface area contributed by atoms with Gasteiger partial charge in [0.05, 0.1) is 0 Å². The Balaban J connectivity index is 2.45.